The van der Waals surface area contributed by atoms with E-state index >= 15 is 0 Å². The SMILES string of the molecule is CC(=O)O[C@H](C)C[C@H](OC(C)=O)c1ccc(Br)cc1. The first-order valence-corrected chi connectivity index (χ1v) is 6.77. The summed E-state index contributed by atoms with van der Waals surface area (Å²) in [5, 5.41) is 0. The monoisotopic (exact) mass is 328 g/mol. The summed E-state index contributed by atoms with van der Waals surface area (Å²) in [6, 6.07) is 7.50. The minimum absolute atomic E-state index is 0.314. The first kappa shape index (κ1) is 15.7. The normalized spacial score (nSPS) is 13.5. The van der Waals surface area contributed by atoms with Crippen molar-refractivity contribution in [3.63, 3.8) is 0 Å². The molecule has 0 aliphatic heterocycles. The summed E-state index contributed by atoms with van der Waals surface area (Å²) in [4.78, 5) is 22.1. The van der Waals surface area contributed by atoms with Crippen LogP contribution in [0.2, 0.25) is 0 Å². The van der Waals surface area contributed by atoms with Gasteiger partial charge in [0.15, 0.2) is 0 Å². The molecule has 0 spiro atoms. The van der Waals surface area contributed by atoms with Crippen LogP contribution < -0.4 is 0 Å². The van der Waals surface area contributed by atoms with E-state index in [1.807, 2.05) is 24.3 Å². The Bertz CT molecular complexity index is 441. The molecule has 1 aromatic rings. The van der Waals surface area contributed by atoms with Gasteiger partial charge < -0.3 is 9.47 Å². The topological polar surface area (TPSA) is 52.6 Å². The van der Waals surface area contributed by atoms with Crippen molar-refractivity contribution in [2.45, 2.75) is 39.4 Å². The third-order valence-electron chi connectivity index (χ3n) is 2.46. The summed E-state index contributed by atoms with van der Waals surface area (Å²) in [5.74, 6) is -0.701. The zero-order valence-electron chi connectivity index (χ0n) is 11.2. The lowest BCUT2D eigenvalue weighted by molar-refractivity contribution is -0.152. The Labute approximate surface area is 121 Å². The molecule has 0 bridgehead atoms. The Hall–Kier alpha value is -1.36. The van der Waals surface area contributed by atoms with Gasteiger partial charge in [0, 0.05) is 24.7 Å². The maximum atomic E-state index is 11.2. The number of ether oxygens (including phenoxy) is 2. The molecular formula is C14H17BrO4. The van der Waals surface area contributed by atoms with Crippen molar-refractivity contribution in [1.29, 1.82) is 0 Å². The standard InChI is InChI=1S/C14H17BrO4/c1-9(18-10(2)16)8-14(19-11(3)17)12-4-6-13(15)7-5-12/h4-7,9,14H,8H2,1-3H3/t9-,14+/m1/s1. The first-order valence-electron chi connectivity index (χ1n) is 5.98. The van der Waals surface area contributed by atoms with Gasteiger partial charge in [-0.15, -0.1) is 0 Å². The first-order chi connectivity index (χ1) is 8.88. The molecule has 2 atom stereocenters. The molecule has 0 amide bonds. The number of carbonyl (C=O) groups excluding carboxylic acids is 2. The molecule has 0 aromatic heterocycles. The number of esters is 2. The van der Waals surface area contributed by atoms with Crippen molar-refractivity contribution in [2.24, 2.45) is 0 Å². The van der Waals surface area contributed by atoms with Gasteiger partial charge in [0.1, 0.15) is 12.2 Å². The van der Waals surface area contributed by atoms with Crippen LogP contribution in [0.5, 0.6) is 0 Å². The molecule has 104 valence electrons. The molecule has 4 nitrogen and oxygen atoms in total. The smallest absolute Gasteiger partial charge is 0.303 e. The summed E-state index contributed by atoms with van der Waals surface area (Å²) in [7, 11) is 0. The van der Waals surface area contributed by atoms with E-state index in [0.717, 1.165) is 10.0 Å². The Morgan fingerprint density at radius 2 is 1.63 bits per heavy atom. The summed E-state index contributed by atoms with van der Waals surface area (Å²) in [5.41, 5.74) is 0.873. The molecule has 19 heavy (non-hydrogen) atoms. The van der Waals surface area contributed by atoms with Gasteiger partial charge in [-0.25, -0.2) is 0 Å². The molecule has 0 N–H and O–H groups in total. The largest absolute Gasteiger partial charge is 0.463 e. The summed E-state index contributed by atoms with van der Waals surface area (Å²) in [6.07, 6.45) is -0.300. The maximum Gasteiger partial charge on any atom is 0.303 e. The molecule has 0 fully saturated rings. The molecule has 0 saturated carbocycles. The second-order valence-corrected chi connectivity index (χ2v) is 5.22. The van der Waals surface area contributed by atoms with E-state index in [-0.39, 0.29) is 18.0 Å². The third-order valence-corrected chi connectivity index (χ3v) is 2.99. The minimum Gasteiger partial charge on any atom is -0.463 e. The Balaban J connectivity index is 2.79. The van der Waals surface area contributed by atoms with E-state index < -0.39 is 6.10 Å². The zero-order valence-corrected chi connectivity index (χ0v) is 12.8. The molecule has 5 heteroatoms. The van der Waals surface area contributed by atoms with Crippen molar-refractivity contribution in [2.75, 3.05) is 0 Å². The van der Waals surface area contributed by atoms with Crippen molar-refractivity contribution in [3.8, 4) is 0 Å². The third kappa shape index (κ3) is 5.87. The fourth-order valence-electron chi connectivity index (χ4n) is 1.76. The number of benzene rings is 1. The Morgan fingerprint density at radius 1 is 1.11 bits per heavy atom. The van der Waals surface area contributed by atoms with Crippen LogP contribution in [-0.2, 0) is 19.1 Å². The van der Waals surface area contributed by atoms with Gasteiger partial charge in [-0.05, 0) is 24.6 Å². The quantitative estimate of drug-likeness (QED) is 0.777. The zero-order chi connectivity index (χ0) is 14.4. The van der Waals surface area contributed by atoms with E-state index in [9.17, 15) is 9.59 Å². The van der Waals surface area contributed by atoms with Gasteiger partial charge in [-0.2, -0.15) is 0 Å². The van der Waals surface area contributed by atoms with Gasteiger partial charge in [-0.3, -0.25) is 9.59 Å². The lowest BCUT2D eigenvalue weighted by atomic mass is 10.0. The molecule has 0 aliphatic carbocycles. The maximum absolute atomic E-state index is 11.2. The highest BCUT2D eigenvalue weighted by Crippen LogP contribution is 2.25. The van der Waals surface area contributed by atoms with Crippen LogP contribution in [0, 0.1) is 0 Å². The molecule has 0 aliphatic rings. The predicted molar refractivity (Wildman–Crippen MR) is 74.5 cm³/mol. The van der Waals surface area contributed by atoms with Gasteiger partial charge in [0.25, 0.3) is 0 Å². The van der Waals surface area contributed by atoms with Gasteiger partial charge in [0.05, 0.1) is 0 Å². The lowest BCUT2D eigenvalue weighted by Gasteiger charge is -2.21. The minimum atomic E-state index is -0.417. The second kappa shape index (κ2) is 7.28. The summed E-state index contributed by atoms with van der Waals surface area (Å²) >= 11 is 3.35. The van der Waals surface area contributed by atoms with E-state index in [1.165, 1.54) is 13.8 Å². The number of hydrogen-bond acceptors (Lipinski definition) is 4. The highest BCUT2D eigenvalue weighted by Gasteiger charge is 2.19. The van der Waals surface area contributed by atoms with Crippen LogP contribution in [0.4, 0.5) is 0 Å². The average Bonchev–Trinajstić information content (AvgIpc) is 2.27. The van der Waals surface area contributed by atoms with Crippen molar-refractivity contribution in [1.82, 2.24) is 0 Å². The van der Waals surface area contributed by atoms with Crippen molar-refractivity contribution in [3.05, 3.63) is 34.3 Å². The van der Waals surface area contributed by atoms with E-state index in [2.05, 4.69) is 15.9 Å². The molecule has 0 radical (unpaired) electrons. The summed E-state index contributed by atoms with van der Waals surface area (Å²) < 4.78 is 11.3. The summed E-state index contributed by atoms with van der Waals surface area (Å²) in [6.45, 7) is 4.50. The van der Waals surface area contributed by atoms with E-state index in [0.29, 0.717) is 6.42 Å². The van der Waals surface area contributed by atoms with Gasteiger partial charge >= 0.3 is 11.9 Å². The van der Waals surface area contributed by atoms with Gasteiger partial charge in [0.2, 0.25) is 0 Å². The van der Waals surface area contributed by atoms with Crippen LogP contribution in [0.3, 0.4) is 0 Å². The number of rotatable bonds is 5. The number of hydrogen-bond donors (Lipinski definition) is 0. The Kier molecular flexibility index (Phi) is 6.02. The fourth-order valence-corrected chi connectivity index (χ4v) is 2.03. The highest BCUT2D eigenvalue weighted by molar-refractivity contribution is 9.10. The molecule has 0 unspecified atom stereocenters. The molecule has 1 rings (SSSR count). The van der Waals surface area contributed by atoms with Crippen LogP contribution >= 0.6 is 15.9 Å². The van der Waals surface area contributed by atoms with Gasteiger partial charge in [-0.1, -0.05) is 28.1 Å². The average molecular weight is 329 g/mol. The molecule has 0 heterocycles. The van der Waals surface area contributed by atoms with Crippen LogP contribution in [-0.4, -0.2) is 18.0 Å². The number of carbonyl (C=O) groups is 2. The van der Waals surface area contributed by atoms with Crippen LogP contribution in [0.25, 0.3) is 0 Å². The van der Waals surface area contributed by atoms with Crippen molar-refractivity contribution < 1.29 is 19.1 Å². The van der Waals surface area contributed by atoms with Crippen LogP contribution in [0.15, 0.2) is 28.7 Å². The Morgan fingerprint density at radius 3 is 2.11 bits per heavy atom. The highest BCUT2D eigenvalue weighted by atomic mass is 79.9. The van der Waals surface area contributed by atoms with Crippen molar-refractivity contribution >= 4 is 27.9 Å². The van der Waals surface area contributed by atoms with E-state index in [4.69, 9.17) is 9.47 Å². The molecular weight excluding hydrogens is 312 g/mol. The van der Waals surface area contributed by atoms with E-state index in [1.54, 1.807) is 6.92 Å². The van der Waals surface area contributed by atoms with Crippen LogP contribution in [0.1, 0.15) is 38.9 Å². The molecule has 0 saturated heterocycles. The molecule has 1 aromatic carbocycles. The fraction of sp³-hybridized carbons (Fsp3) is 0.429. The second-order valence-electron chi connectivity index (χ2n) is 4.31. The lowest BCUT2D eigenvalue weighted by Crippen LogP contribution is -2.19. The predicted octanol–water partition coefficient (Wildman–Crippen LogP) is 3.40. The number of halogens is 1.